The molecule has 1 atom stereocenters. The van der Waals surface area contributed by atoms with E-state index < -0.39 is 0 Å². The molecule has 1 unspecified atom stereocenters. The molecule has 0 aliphatic rings. The van der Waals surface area contributed by atoms with Crippen molar-refractivity contribution in [2.75, 3.05) is 31.4 Å². The van der Waals surface area contributed by atoms with Gasteiger partial charge in [-0.05, 0) is 13.3 Å². The van der Waals surface area contributed by atoms with Crippen LogP contribution in [0.5, 0.6) is 0 Å². The molecular weight excluding hydrogens is 244 g/mol. The van der Waals surface area contributed by atoms with Crippen LogP contribution < -0.4 is 11.1 Å². The molecule has 19 heavy (non-hydrogen) atoms. The number of hydrogen-bond acceptors (Lipinski definition) is 6. The van der Waals surface area contributed by atoms with Gasteiger partial charge in [0.2, 0.25) is 0 Å². The number of nitrogens with one attached hydrogen (secondary N) is 1. The van der Waals surface area contributed by atoms with Crippen LogP contribution >= 0.6 is 0 Å². The van der Waals surface area contributed by atoms with E-state index in [0.717, 1.165) is 5.56 Å². The van der Waals surface area contributed by atoms with Crippen molar-refractivity contribution in [3.05, 3.63) is 11.4 Å². The van der Waals surface area contributed by atoms with Crippen LogP contribution in [0.1, 0.15) is 37.6 Å². The number of ether oxygens (including phenoxy) is 1. The average Bonchev–Trinajstić information content (AvgIpc) is 2.35. The minimum absolute atomic E-state index is 0.00279. The summed E-state index contributed by atoms with van der Waals surface area (Å²) in [4.78, 5) is 8.78. The van der Waals surface area contributed by atoms with Crippen molar-refractivity contribution < 1.29 is 9.84 Å². The van der Waals surface area contributed by atoms with Gasteiger partial charge in [0, 0.05) is 25.2 Å². The zero-order valence-corrected chi connectivity index (χ0v) is 12.1. The Balaban J connectivity index is 2.97. The van der Waals surface area contributed by atoms with E-state index in [1.54, 1.807) is 7.11 Å². The normalized spacial score (nSPS) is 12.7. The van der Waals surface area contributed by atoms with E-state index in [-0.39, 0.29) is 18.6 Å². The number of methoxy groups -OCH3 is 1. The number of rotatable bonds is 7. The second kappa shape index (κ2) is 7.25. The van der Waals surface area contributed by atoms with Gasteiger partial charge < -0.3 is 20.9 Å². The van der Waals surface area contributed by atoms with Crippen LogP contribution in [0, 0.1) is 6.92 Å². The van der Waals surface area contributed by atoms with E-state index in [2.05, 4.69) is 15.3 Å². The van der Waals surface area contributed by atoms with Crippen molar-refractivity contribution in [3.8, 4) is 0 Å². The molecule has 6 nitrogen and oxygen atoms in total. The molecule has 0 saturated carbocycles. The fourth-order valence-corrected chi connectivity index (χ4v) is 1.70. The molecule has 1 aromatic heterocycles. The van der Waals surface area contributed by atoms with Gasteiger partial charge in [-0.15, -0.1) is 0 Å². The monoisotopic (exact) mass is 268 g/mol. The third-order valence-corrected chi connectivity index (χ3v) is 2.90. The van der Waals surface area contributed by atoms with Crippen molar-refractivity contribution in [3.63, 3.8) is 0 Å². The Kier molecular flexibility index (Phi) is 5.98. The van der Waals surface area contributed by atoms with Crippen molar-refractivity contribution in [2.24, 2.45) is 0 Å². The van der Waals surface area contributed by atoms with E-state index >= 15 is 0 Å². The molecule has 0 radical (unpaired) electrons. The summed E-state index contributed by atoms with van der Waals surface area (Å²) in [5.41, 5.74) is 6.73. The van der Waals surface area contributed by atoms with E-state index in [1.165, 1.54) is 0 Å². The summed E-state index contributed by atoms with van der Waals surface area (Å²) in [6, 6.07) is 0.00279. The maximum atomic E-state index is 9.06. The number of hydrogen-bond donors (Lipinski definition) is 3. The van der Waals surface area contributed by atoms with E-state index in [1.807, 2.05) is 20.8 Å². The highest BCUT2D eigenvalue weighted by molar-refractivity contribution is 5.55. The summed E-state index contributed by atoms with van der Waals surface area (Å²) in [6.07, 6.45) is 0.591. The van der Waals surface area contributed by atoms with Crippen LogP contribution in [-0.4, -0.2) is 41.4 Å². The molecular formula is C13H24N4O2. The van der Waals surface area contributed by atoms with Gasteiger partial charge in [0.05, 0.1) is 12.6 Å². The first kappa shape index (κ1) is 15.7. The largest absolute Gasteiger partial charge is 0.396 e. The zero-order chi connectivity index (χ0) is 14.4. The number of nitrogens with two attached hydrogens (primary N) is 1. The SMILES string of the molecule is COCC(CCO)Nc1nc(C(C)C)nc(N)c1C. The molecule has 0 aliphatic carbocycles. The molecule has 0 fully saturated rings. The average molecular weight is 268 g/mol. The quantitative estimate of drug-likeness (QED) is 0.690. The van der Waals surface area contributed by atoms with Gasteiger partial charge in [-0.1, -0.05) is 13.8 Å². The Bertz CT molecular complexity index is 404. The van der Waals surface area contributed by atoms with Gasteiger partial charge in [0.25, 0.3) is 0 Å². The van der Waals surface area contributed by atoms with Crippen molar-refractivity contribution >= 4 is 11.6 Å². The topological polar surface area (TPSA) is 93.3 Å². The first-order valence-electron chi connectivity index (χ1n) is 6.49. The van der Waals surface area contributed by atoms with Crippen LogP contribution in [-0.2, 0) is 4.74 Å². The summed E-state index contributed by atoms with van der Waals surface area (Å²) in [5, 5.41) is 12.3. The maximum Gasteiger partial charge on any atom is 0.135 e. The van der Waals surface area contributed by atoms with Gasteiger partial charge >= 0.3 is 0 Å². The lowest BCUT2D eigenvalue weighted by atomic mass is 10.2. The second-order valence-electron chi connectivity index (χ2n) is 4.90. The Labute approximate surface area is 114 Å². The molecule has 4 N–H and O–H groups in total. The summed E-state index contributed by atoms with van der Waals surface area (Å²) < 4.78 is 5.13. The third-order valence-electron chi connectivity index (χ3n) is 2.90. The molecule has 0 aromatic carbocycles. The van der Waals surface area contributed by atoms with E-state index in [9.17, 15) is 0 Å². The van der Waals surface area contributed by atoms with Gasteiger partial charge in [0.1, 0.15) is 17.5 Å². The van der Waals surface area contributed by atoms with Crippen molar-refractivity contribution in [1.82, 2.24) is 9.97 Å². The van der Waals surface area contributed by atoms with Gasteiger partial charge in [-0.3, -0.25) is 0 Å². The highest BCUT2D eigenvalue weighted by Gasteiger charge is 2.15. The highest BCUT2D eigenvalue weighted by Crippen LogP contribution is 2.21. The fourth-order valence-electron chi connectivity index (χ4n) is 1.70. The molecule has 1 rings (SSSR count). The number of nitrogen functional groups attached to an aromatic ring is 1. The number of aliphatic hydroxyl groups excluding tert-OH is 1. The van der Waals surface area contributed by atoms with Gasteiger partial charge in [-0.2, -0.15) is 0 Å². The number of aliphatic hydroxyl groups is 1. The maximum absolute atomic E-state index is 9.06. The lowest BCUT2D eigenvalue weighted by Gasteiger charge is -2.20. The zero-order valence-electron chi connectivity index (χ0n) is 12.1. The molecule has 1 aromatic rings. The van der Waals surface area contributed by atoms with Gasteiger partial charge in [-0.25, -0.2) is 9.97 Å². The van der Waals surface area contributed by atoms with Crippen LogP contribution in [0.2, 0.25) is 0 Å². The van der Waals surface area contributed by atoms with Crippen LogP contribution in [0.4, 0.5) is 11.6 Å². The Morgan fingerprint density at radius 3 is 2.58 bits per heavy atom. The first-order chi connectivity index (χ1) is 8.99. The van der Waals surface area contributed by atoms with Crippen molar-refractivity contribution in [1.29, 1.82) is 0 Å². The summed E-state index contributed by atoms with van der Waals surface area (Å²) in [7, 11) is 1.63. The Morgan fingerprint density at radius 2 is 2.05 bits per heavy atom. The Morgan fingerprint density at radius 1 is 1.37 bits per heavy atom. The molecule has 0 saturated heterocycles. The van der Waals surface area contributed by atoms with Crippen LogP contribution in [0.15, 0.2) is 0 Å². The van der Waals surface area contributed by atoms with Gasteiger partial charge in [0.15, 0.2) is 0 Å². The van der Waals surface area contributed by atoms with E-state index in [4.69, 9.17) is 15.6 Å². The fraction of sp³-hybridized carbons (Fsp3) is 0.692. The molecule has 0 amide bonds. The lowest BCUT2D eigenvalue weighted by molar-refractivity contribution is 0.170. The second-order valence-corrected chi connectivity index (χ2v) is 4.90. The number of nitrogens with zero attached hydrogens (tertiary/aromatic N) is 2. The van der Waals surface area contributed by atoms with Crippen LogP contribution in [0.3, 0.4) is 0 Å². The smallest absolute Gasteiger partial charge is 0.135 e. The van der Waals surface area contributed by atoms with Crippen molar-refractivity contribution in [2.45, 2.75) is 39.2 Å². The van der Waals surface area contributed by atoms with Crippen LogP contribution in [0.25, 0.3) is 0 Å². The molecule has 6 heteroatoms. The standard InChI is InChI=1S/C13H24N4O2/c1-8(2)12-16-11(14)9(3)13(17-12)15-10(5-6-18)7-19-4/h8,10,18H,5-7H2,1-4H3,(H3,14,15,16,17). The van der Waals surface area contributed by atoms with E-state index in [0.29, 0.717) is 30.5 Å². The summed E-state index contributed by atoms with van der Waals surface area (Å²) in [5.74, 6) is 2.13. The number of aromatic nitrogens is 2. The first-order valence-corrected chi connectivity index (χ1v) is 6.49. The minimum atomic E-state index is 0.00279. The molecule has 108 valence electrons. The molecule has 0 aliphatic heterocycles. The predicted octanol–water partition coefficient (Wildman–Crippen LogP) is 1.30. The molecule has 0 bridgehead atoms. The lowest BCUT2D eigenvalue weighted by Crippen LogP contribution is -2.27. The predicted molar refractivity (Wildman–Crippen MR) is 76.3 cm³/mol. The summed E-state index contributed by atoms with van der Waals surface area (Å²) >= 11 is 0. The highest BCUT2D eigenvalue weighted by atomic mass is 16.5. The summed E-state index contributed by atoms with van der Waals surface area (Å²) in [6.45, 7) is 6.52. The number of anilines is 2. The molecule has 1 heterocycles. The molecule has 0 spiro atoms. The minimum Gasteiger partial charge on any atom is -0.396 e. The Hall–Kier alpha value is -1.40. The third kappa shape index (κ3) is 4.33.